The summed E-state index contributed by atoms with van der Waals surface area (Å²) >= 11 is 0. The van der Waals surface area contributed by atoms with Crippen LogP contribution in [0.5, 0.6) is 0 Å². The van der Waals surface area contributed by atoms with Gasteiger partial charge in [0.2, 0.25) is 0 Å². The quantitative estimate of drug-likeness (QED) is 0.902. The molecule has 116 valence electrons. The smallest absolute Gasteiger partial charge is 0.317 e. The van der Waals surface area contributed by atoms with Crippen molar-refractivity contribution in [2.75, 3.05) is 26.2 Å². The number of aryl methyl sites for hydroxylation is 1. The molecule has 0 radical (unpaired) electrons. The third kappa shape index (κ3) is 3.94. The van der Waals surface area contributed by atoms with E-state index in [-0.39, 0.29) is 6.03 Å². The lowest BCUT2D eigenvalue weighted by atomic mass is 10.2. The van der Waals surface area contributed by atoms with Crippen molar-refractivity contribution in [3.05, 3.63) is 29.6 Å². The summed E-state index contributed by atoms with van der Waals surface area (Å²) in [5, 5.41) is 2.98. The van der Waals surface area contributed by atoms with Gasteiger partial charge >= 0.3 is 6.03 Å². The van der Waals surface area contributed by atoms with Crippen LogP contribution in [0.15, 0.2) is 18.3 Å². The Labute approximate surface area is 127 Å². The maximum atomic E-state index is 12.2. The number of carbonyl (C=O) groups excluding carboxylic acids is 1. The van der Waals surface area contributed by atoms with Crippen LogP contribution < -0.4 is 5.32 Å². The fourth-order valence-electron chi connectivity index (χ4n) is 2.94. The molecule has 1 N–H and O–H groups in total. The van der Waals surface area contributed by atoms with E-state index >= 15 is 0 Å². The molecule has 1 aliphatic rings. The average Bonchev–Trinajstić information content (AvgIpc) is 2.97. The standard InChI is InChI=1S/C16H26N4O/c1-4-19(5-2)14-8-10-20(12-14)16(21)18-11-15-13(3)7-6-9-17-15/h6-7,9,14H,4-5,8,10-12H2,1-3H3,(H,18,21)/t14-/m1/s1. The Bertz CT molecular complexity index is 473. The van der Waals surface area contributed by atoms with Crippen molar-refractivity contribution in [3.8, 4) is 0 Å². The fourth-order valence-corrected chi connectivity index (χ4v) is 2.94. The predicted octanol–water partition coefficient (Wildman–Crippen LogP) is 2.02. The zero-order chi connectivity index (χ0) is 15.2. The van der Waals surface area contributed by atoms with Crippen LogP contribution in [-0.2, 0) is 6.54 Å². The molecule has 2 rings (SSSR count). The lowest BCUT2D eigenvalue weighted by Gasteiger charge is -2.26. The van der Waals surface area contributed by atoms with Crippen LogP contribution in [-0.4, -0.2) is 53.0 Å². The first-order chi connectivity index (χ1) is 10.2. The topological polar surface area (TPSA) is 48.5 Å². The van der Waals surface area contributed by atoms with E-state index in [1.165, 1.54) is 0 Å². The largest absolute Gasteiger partial charge is 0.332 e. The number of amides is 2. The Morgan fingerprint density at radius 3 is 2.90 bits per heavy atom. The van der Waals surface area contributed by atoms with Crippen LogP contribution in [0, 0.1) is 6.92 Å². The Morgan fingerprint density at radius 2 is 2.24 bits per heavy atom. The second-order valence-electron chi connectivity index (χ2n) is 5.54. The SMILES string of the molecule is CCN(CC)[C@@H]1CCN(C(=O)NCc2ncccc2C)C1. The molecule has 5 nitrogen and oxygen atoms in total. The molecule has 5 heteroatoms. The highest BCUT2D eigenvalue weighted by molar-refractivity contribution is 5.74. The van der Waals surface area contributed by atoms with Crippen LogP contribution in [0.2, 0.25) is 0 Å². The number of pyridine rings is 1. The van der Waals surface area contributed by atoms with Crippen molar-refractivity contribution in [2.45, 2.75) is 39.8 Å². The van der Waals surface area contributed by atoms with E-state index in [1.807, 2.05) is 24.0 Å². The minimum atomic E-state index is 0.0229. The van der Waals surface area contributed by atoms with Crippen molar-refractivity contribution >= 4 is 6.03 Å². The number of likely N-dealkylation sites (tertiary alicyclic amines) is 1. The number of hydrogen-bond acceptors (Lipinski definition) is 3. The van der Waals surface area contributed by atoms with Gasteiger partial charge in [-0.1, -0.05) is 19.9 Å². The summed E-state index contributed by atoms with van der Waals surface area (Å²) in [6, 6.07) is 4.45. The second-order valence-corrected chi connectivity index (χ2v) is 5.54. The first kappa shape index (κ1) is 15.8. The molecular weight excluding hydrogens is 264 g/mol. The molecule has 1 aliphatic heterocycles. The minimum Gasteiger partial charge on any atom is -0.332 e. The van der Waals surface area contributed by atoms with Gasteiger partial charge in [0.15, 0.2) is 0 Å². The third-order valence-electron chi connectivity index (χ3n) is 4.30. The molecule has 1 aromatic heterocycles. The van der Waals surface area contributed by atoms with E-state index in [0.717, 1.165) is 43.9 Å². The van der Waals surface area contributed by atoms with Crippen molar-refractivity contribution in [3.63, 3.8) is 0 Å². The summed E-state index contributed by atoms with van der Waals surface area (Å²) in [6.07, 6.45) is 2.83. The number of rotatable bonds is 5. The van der Waals surface area contributed by atoms with Gasteiger partial charge in [-0.15, -0.1) is 0 Å². The molecule has 0 aromatic carbocycles. The summed E-state index contributed by atoms with van der Waals surface area (Å²) in [7, 11) is 0. The maximum absolute atomic E-state index is 12.2. The number of urea groups is 1. The Morgan fingerprint density at radius 1 is 1.48 bits per heavy atom. The van der Waals surface area contributed by atoms with Crippen LogP contribution in [0.25, 0.3) is 0 Å². The van der Waals surface area contributed by atoms with E-state index < -0.39 is 0 Å². The summed E-state index contributed by atoms with van der Waals surface area (Å²) in [5.41, 5.74) is 2.05. The molecule has 0 unspecified atom stereocenters. The molecule has 1 aromatic rings. The van der Waals surface area contributed by atoms with E-state index in [4.69, 9.17) is 0 Å². The van der Waals surface area contributed by atoms with Crippen molar-refractivity contribution < 1.29 is 4.79 Å². The zero-order valence-corrected chi connectivity index (χ0v) is 13.3. The lowest BCUT2D eigenvalue weighted by Crippen LogP contribution is -2.42. The molecule has 2 amide bonds. The number of nitrogens with zero attached hydrogens (tertiary/aromatic N) is 3. The molecule has 21 heavy (non-hydrogen) atoms. The molecule has 1 saturated heterocycles. The van der Waals surface area contributed by atoms with Crippen LogP contribution in [0.4, 0.5) is 4.79 Å². The van der Waals surface area contributed by atoms with Gasteiger partial charge in [-0.3, -0.25) is 9.88 Å². The van der Waals surface area contributed by atoms with Gasteiger partial charge in [-0.25, -0.2) is 4.79 Å². The van der Waals surface area contributed by atoms with E-state index in [0.29, 0.717) is 12.6 Å². The van der Waals surface area contributed by atoms with Gasteiger partial charge in [0.1, 0.15) is 0 Å². The van der Waals surface area contributed by atoms with Gasteiger partial charge in [-0.2, -0.15) is 0 Å². The highest BCUT2D eigenvalue weighted by atomic mass is 16.2. The average molecular weight is 290 g/mol. The minimum absolute atomic E-state index is 0.0229. The van der Waals surface area contributed by atoms with Gasteiger partial charge in [-0.05, 0) is 38.1 Å². The molecule has 1 fully saturated rings. The molecular formula is C16H26N4O. The van der Waals surface area contributed by atoms with Gasteiger partial charge < -0.3 is 10.2 Å². The molecule has 1 atom stereocenters. The monoisotopic (exact) mass is 290 g/mol. The van der Waals surface area contributed by atoms with E-state index in [1.54, 1.807) is 6.20 Å². The summed E-state index contributed by atoms with van der Waals surface area (Å²) < 4.78 is 0. The third-order valence-corrected chi connectivity index (χ3v) is 4.30. The Balaban J connectivity index is 1.84. The number of aromatic nitrogens is 1. The van der Waals surface area contributed by atoms with Crippen LogP contribution >= 0.6 is 0 Å². The molecule has 0 aliphatic carbocycles. The van der Waals surface area contributed by atoms with Crippen molar-refractivity contribution in [1.29, 1.82) is 0 Å². The van der Waals surface area contributed by atoms with Gasteiger partial charge in [0.05, 0.1) is 12.2 Å². The number of hydrogen-bond donors (Lipinski definition) is 1. The first-order valence-electron chi connectivity index (χ1n) is 7.83. The van der Waals surface area contributed by atoms with E-state index in [9.17, 15) is 4.79 Å². The number of carbonyl (C=O) groups is 1. The predicted molar refractivity (Wildman–Crippen MR) is 84.1 cm³/mol. The van der Waals surface area contributed by atoms with Gasteiger partial charge in [0, 0.05) is 25.3 Å². The highest BCUT2D eigenvalue weighted by Gasteiger charge is 2.28. The second kappa shape index (κ2) is 7.41. The summed E-state index contributed by atoms with van der Waals surface area (Å²) in [5.74, 6) is 0. The lowest BCUT2D eigenvalue weighted by molar-refractivity contribution is 0.192. The summed E-state index contributed by atoms with van der Waals surface area (Å²) in [4.78, 5) is 20.9. The Hall–Kier alpha value is -1.62. The number of likely N-dealkylation sites (N-methyl/N-ethyl adjacent to an activating group) is 1. The normalized spacial score (nSPS) is 18.3. The highest BCUT2D eigenvalue weighted by Crippen LogP contribution is 2.15. The first-order valence-corrected chi connectivity index (χ1v) is 7.83. The van der Waals surface area contributed by atoms with Crippen LogP contribution in [0.1, 0.15) is 31.5 Å². The Kier molecular flexibility index (Phi) is 5.56. The summed E-state index contributed by atoms with van der Waals surface area (Å²) in [6.45, 7) is 10.6. The molecule has 2 heterocycles. The van der Waals surface area contributed by atoms with Crippen molar-refractivity contribution in [1.82, 2.24) is 20.1 Å². The molecule has 0 bridgehead atoms. The molecule has 0 spiro atoms. The van der Waals surface area contributed by atoms with Crippen molar-refractivity contribution in [2.24, 2.45) is 0 Å². The van der Waals surface area contributed by atoms with Crippen LogP contribution in [0.3, 0.4) is 0 Å². The fraction of sp³-hybridized carbons (Fsp3) is 0.625. The molecule has 0 saturated carbocycles. The zero-order valence-electron chi connectivity index (χ0n) is 13.3. The van der Waals surface area contributed by atoms with Gasteiger partial charge in [0.25, 0.3) is 0 Å². The van der Waals surface area contributed by atoms with E-state index in [2.05, 4.69) is 29.0 Å². The number of nitrogens with one attached hydrogen (secondary N) is 1. The maximum Gasteiger partial charge on any atom is 0.317 e.